The van der Waals surface area contributed by atoms with Crippen LogP contribution in [0.1, 0.15) is 26.7 Å². The lowest BCUT2D eigenvalue weighted by molar-refractivity contribution is -0.131. The molecule has 0 saturated carbocycles. The molecular formula is C7H14NO2. The average Bonchev–Trinajstić information content (AvgIpc) is 1.88. The van der Waals surface area contributed by atoms with Crippen molar-refractivity contribution in [1.29, 1.82) is 0 Å². The lowest BCUT2D eigenvalue weighted by Crippen LogP contribution is -2.32. The van der Waals surface area contributed by atoms with E-state index in [0.29, 0.717) is 6.54 Å². The Hall–Kier alpha value is -0.570. The highest BCUT2D eigenvalue weighted by Crippen LogP contribution is 1.84. The fraction of sp³-hybridized carbons (Fsp3) is 0.857. The normalized spacial score (nSPS) is 12.7. The van der Waals surface area contributed by atoms with Crippen LogP contribution in [0.15, 0.2) is 0 Å². The van der Waals surface area contributed by atoms with Gasteiger partial charge in [0, 0.05) is 6.54 Å². The summed E-state index contributed by atoms with van der Waals surface area (Å²) in [5.41, 5.74) is 0. The number of nitrogens with one attached hydrogen (secondary N) is 1. The van der Waals surface area contributed by atoms with Gasteiger partial charge in [-0.1, -0.05) is 13.3 Å². The molecule has 1 atom stereocenters. The van der Waals surface area contributed by atoms with Gasteiger partial charge < -0.3 is 5.32 Å². The fourth-order valence-electron chi connectivity index (χ4n) is 0.532. The van der Waals surface area contributed by atoms with Crippen molar-refractivity contribution >= 4 is 5.91 Å². The van der Waals surface area contributed by atoms with Crippen LogP contribution in [-0.2, 0) is 9.90 Å². The van der Waals surface area contributed by atoms with E-state index in [9.17, 15) is 9.90 Å². The molecule has 1 N–H and O–H groups in total. The van der Waals surface area contributed by atoms with Crippen LogP contribution in [0.2, 0.25) is 0 Å². The number of carbonyl (C=O) groups excluding carboxylic acids is 1. The van der Waals surface area contributed by atoms with Crippen LogP contribution in [0.25, 0.3) is 0 Å². The second kappa shape index (κ2) is 5.23. The van der Waals surface area contributed by atoms with Crippen LogP contribution in [-0.4, -0.2) is 18.6 Å². The highest BCUT2D eigenvalue weighted by Gasteiger charge is 2.07. The predicted molar refractivity (Wildman–Crippen MR) is 38.1 cm³/mol. The first kappa shape index (κ1) is 9.43. The van der Waals surface area contributed by atoms with Crippen molar-refractivity contribution in [3.8, 4) is 0 Å². The van der Waals surface area contributed by atoms with Gasteiger partial charge in [0.2, 0.25) is 0 Å². The molecule has 3 nitrogen and oxygen atoms in total. The number of hydrogen-bond donors (Lipinski definition) is 1. The van der Waals surface area contributed by atoms with Crippen LogP contribution in [0.5, 0.6) is 0 Å². The first-order valence-electron chi connectivity index (χ1n) is 3.62. The molecule has 0 spiro atoms. The summed E-state index contributed by atoms with van der Waals surface area (Å²) in [4.78, 5) is 10.6. The van der Waals surface area contributed by atoms with E-state index < -0.39 is 12.0 Å². The Balaban J connectivity index is 3.22. The average molecular weight is 144 g/mol. The van der Waals surface area contributed by atoms with Crippen LogP contribution in [0, 0.1) is 0 Å². The topological polar surface area (TPSA) is 49.0 Å². The van der Waals surface area contributed by atoms with E-state index in [2.05, 4.69) is 5.32 Å². The van der Waals surface area contributed by atoms with Crippen molar-refractivity contribution in [1.82, 2.24) is 5.32 Å². The van der Waals surface area contributed by atoms with Gasteiger partial charge in [0.15, 0.2) is 6.10 Å². The molecular weight excluding hydrogens is 130 g/mol. The smallest absolute Gasteiger partial charge is 0.252 e. The van der Waals surface area contributed by atoms with E-state index in [4.69, 9.17) is 0 Å². The Morgan fingerprint density at radius 1 is 1.60 bits per heavy atom. The van der Waals surface area contributed by atoms with E-state index >= 15 is 0 Å². The summed E-state index contributed by atoms with van der Waals surface area (Å²) in [7, 11) is 0. The minimum Gasteiger partial charge on any atom is -0.354 e. The zero-order valence-corrected chi connectivity index (χ0v) is 6.52. The van der Waals surface area contributed by atoms with E-state index in [1.54, 1.807) is 0 Å². The Morgan fingerprint density at radius 2 is 2.20 bits per heavy atom. The molecule has 0 aliphatic heterocycles. The van der Waals surface area contributed by atoms with Gasteiger partial charge in [-0.25, -0.2) is 5.11 Å². The molecule has 0 aromatic heterocycles. The Kier molecular flexibility index (Phi) is 4.94. The zero-order valence-electron chi connectivity index (χ0n) is 6.52. The summed E-state index contributed by atoms with van der Waals surface area (Å²) >= 11 is 0. The number of rotatable bonds is 4. The number of hydrogen-bond acceptors (Lipinski definition) is 1. The molecule has 0 rings (SSSR count). The standard InChI is InChI=1S/C7H14NO2/c1-3-4-5-8-7(10)6(2)9/h6H,3-5H2,1-2H3,(H,8,10). The lowest BCUT2D eigenvalue weighted by atomic mass is 10.3. The number of unbranched alkanes of at least 4 members (excludes halogenated alkanes) is 1. The molecule has 1 amide bonds. The second-order valence-electron chi connectivity index (χ2n) is 2.29. The minimum absolute atomic E-state index is 0.395. The molecule has 59 valence electrons. The molecule has 10 heavy (non-hydrogen) atoms. The largest absolute Gasteiger partial charge is 0.354 e. The molecule has 0 aliphatic carbocycles. The Labute approximate surface area is 61.4 Å². The Morgan fingerprint density at radius 3 is 2.60 bits per heavy atom. The summed E-state index contributed by atoms with van der Waals surface area (Å²) < 4.78 is 0. The molecule has 0 fully saturated rings. The molecule has 0 saturated heterocycles. The highest BCUT2D eigenvalue weighted by atomic mass is 16.3. The maximum atomic E-state index is 10.6. The molecule has 0 aromatic carbocycles. The van der Waals surface area contributed by atoms with Gasteiger partial charge >= 0.3 is 0 Å². The van der Waals surface area contributed by atoms with E-state index in [-0.39, 0.29) is 0 Å². The van der Waals surface area contributed by atoms with E-state index in [0.717, 1.165) is 12.8 Å². The van der Waals surface area contributed by atoms with Crippen LogP contribution in [0.3, 0.4) is 0 Å². The Bertz CT molecular complexity index is 102. The first-order valence-corrected chi connectivity index (χ1v) is 3.62. The van der Waals surface area contributed by atoms with Crippen LogP contribution < -0.4 is 5.32 Å². The van der Waals surface area contributed by atoms with Crippen molar-refractivity contribution < 1.29 is 9.90 Å². The van der Waals surface area contributed by atoms with Crippen molar-refractivity contribution in [3.63, 3.8) is 0 Å². The van der Waals surface area contributed by atoms with Gasteiger partial charge in [-0.2, -0.15) is 0 Å². The van der Waals surface area contributed by atoms with Crippen molar-refractivity contribution in [2.75, 3.05) is 6.54 Å². The van der Waals surface area contributed by atoms with Gasteiger partial charge in [-0.05, 0) is 13.3 Å². The predicted octanol–water partition coefficient (Wildman–Crippen LogP) is 0.722. The third kappa shape index (κ3) is 4.32. The summed E-state index contributed by atoms with van der Waals surface area (Å²) in [5.74, 6) is -0.395. The van der Waals surface area contributed by atoms with Gasteiger partial charge in [0.25, 0.3) is 5.91 Å². The molecule has 3 heteroatoms. The third-order valence-corrected chi connectivity index (χ3v) is 1.20. The van der Waals surface area contributed by atoms with Crippen molar-refractivity contribution in [3.05, 3.63) is 0 Å². The lowest BCUT2D eigenvalue weighted by Gasteiger charge is -2.03. The third-order valence-electron chi connectivity index (χ3n) is 1.20. The minimum atomic E-state index is -1.13. The van der Waals surface area contributed by atoms with E-state index in [1.807, 2.05) is 6.92 Å². The molecule has 0 bridgehead atoms. The molecule has 0 heterocycles. The first-order chi connectivity index (χ1) is 4.68. The summed E-state index contributed by atoms with van der Waals surface area (Å²) in [6.45, 7) is 4.01. The zero-order chi connectivity index (χ0) is 7.98. The number of carbonyl (C=O) groups is 1. The van der Waals surface area contributed by atoms with Crippen LogP contribution >= 0.6 is 0 Å². The van der Waals surface area contributed by atoms with Gasteiger partial charge in [0.05, 0.1) is 0 Å². The monoisotopic (exact) mass is 144 g/mol. The molecule has 0 aromatic rings. The second-order valence-corrected chi connectivity index (χ2v) is 2.29. The highest BCUT2D eigenvalue weighted by molar-refractivity contribution is 5.79. The van der Waals surface area contributed by atoms with E-state index in [1.165, 1.54) is 6.92 Å². The van der Waals surface area contributed by atoms with Gasteiger partial charge in [-0.15, -0.1) is 0 Å². The summed E-state index contributed by atoms with van der Waals surface area (Å²) in [6.07, 6.45) is 0.850. The SMILES string of the molecule is CCCCNC(=O)C(C)[O]. The quantitative estimate of drug-likeness (QED) is 0.581. The summed E-state index contributed by atoms with van der Waals surface area (Å²) in [6, 6.07) is 0. The molecule has 1 unspecified atom stereocenters. The maximum Gasteiger partial charge on any atom is 0.252 e. The van der Waals surface area contributed by atoms with Gasteiger partial charge in [-0.3, -0.25) is 4.79 Å². The molecule has 1 radical (unpaired) electrons. The number of amides is 1. The van der Waals surface area contributed by atoms with Gasteiger partial charge in [0.1, 0.15) is 0 Å². The molecule has 0 aliphatic rings. The maximum absolute atomic E-state index is 10.6. The van der Waals surface area contributed by atoms with Crippen LogP contribution in [0.4, 0.5) is 0 Å². The van der Waals surface area contributed by atoms with Crippen molar-refractivity contribution in [2.45, 2.75) is 32.8 Å². The fourth-order valence-corrected chi connectivity index (χ4v) is 0.532. The van der Waals surface area contributed by atoms with Crippen molar-refractivity contribution in [2.24, 2.45) is 0 Å². The summed E-state index contributed by atoms with van der Waals surface area (Å²) in [5, 5.41) is 12.9.